The summed E-state index contributed by atoms with van der Waals surface area (Å²) in [6.45, 7) is 10.1. The van der Waals surface area contributed by atoms with Gasteiger partial charge in [0.25, 0.3) is 0 Å². The van der Waals surface area contributed by atoms with Crippen molar-refractivity contribution in [3.63, 3.8) is 0 Å². The molecule has 0 aromatic heterocycles. The molecule has 0 aromatic carbocycles. The second-order valence-corrected chi connectivity index (χ2v) is 6.93. The first kappa shape index (κ1) is 13.1. The number of fused-ring (bicyclic) bond motifs is 1. The molecule has 2 N–H and O–H groups in total. The Hall–Kier alpha value is -0.340. The zero-order valence-corrected chi connectivity index (χ0v) is 11.4. The third-order valence-electron chi connectivity index (χ3n) is 5.12. The first-order valence-electron chi connectivity index (χ1n) is 6.84. The molecule has 0 radical (unpaired) electrons. The van der Waals surface area contributed by atoms with E-state index in [4.69, 9.17) is 0 Å². The Bertz CT molecular complexity index is 315. The van der Waals surface area contributed by atoms with Gasteiger partial charge in [-0.05, 0) is 51.4 Å². The lowest BCUT2D eigenvalue weighted by Crippen LogP contribution is -2.53. The minimum absolute atomic E-state index is 0.0181. The van der Waals surface area contributed by atoms with Gasteiger partial charge in [0.15, 0.2) is 0 Å². The second-order valence-electron chi connectivity index (χ2n) is 6.93. The first-order chi connectivity index (χ1) is 7.76. The minimum Gasteiger partial charge on any atom is -0.392 e. The molecule has 2 saturated carbocycles. The van der Waals surface area contributed by atoms with Crippen molar-refractivity contribution in [2.45, 2.75) is 64.6 Å². The molecule has 98 valence electrons. The average molecular weight is 238 g/mol. The van der Waals surface area contributed by atoms with Crippen LogP contribution in [0.5, 0.6) is 0 Å². The molecule has 0 heterocycles. The summed E-state index contributed by atoms with van der Waals surface area (Å²) in [5.41, 5.74) is 0.606. The maximum Gasteiger partial charge on any atom is 0.0665 e. The summed E-state index contributed by atoms with van der Waals surface area (Å²) in [4.78, 5) is 0. The molecule has 2 nitrogen and oxygen atoms in total. The van der Waals surface area contributed by atoms with Crippen molar-refractivity contribution in [2.24, 2.45) is 17.3 Å². The SMILES string of the molecule is C=C1CCC[C@]2(C)CC[C@@H](C(C)(C)O)[C@H](O)[C@@H]12. The highest BCUT2D eigenvalue weighted by molar-refractivity contribution is 5.16. The third-order valence-corrected chi connectivity index (χ3v) is 5.12. The van der Waals surface area contributed by atoms with E-state index in [-0.39, 0.29) is 17.3 Å². The van der Waals surface area contributed by atoms with Crippen molar-refractivity contribution in [1.82, 2.24) is 0 Å². The summed E-state index contributed by atoms with van der Waals surface area (Å²) >= 11 is 0. The van der Waals surface area contributed by atoms with E-state index in [9.17, 15) is 10.2 Å². The standard InChI is InChI=1S/C15H26O2/c1-10-6-5-8-15(4)9-7-11(14(2,3)17)13(16)12(10)15/h11-13,16-17H,1,5-9H2,2-4H3/t11-,12-,13+,15-/m1/s1. The van der Waals surface area contributed by atoms with Crippen LogP contribution < -0.4 is 0 Å². The summed E-state index contributed by atoms with van der Waals surface area (Å²) < 4.78 is 0. The Balaban J connectivity index is 2.27. The second kappa shape index (κ2) is 4.10. The minimum atomic E-state index is -0.793. The zero-order valence-electron chi connectivity index (χ0n) is 11.4. The smallest absolute Gasteiger partial charge is 0.0665 e. The van der Waals surface area contributed by atoms with E-state index in [1.807, 2.05) is 13.8 Å². The van der Waals surface area contributed by atoms with E-state index in [1.165, 1.54) is 18.4 Å². The maximum absolute atomic E-state index is 10.6. The van der Waals surface area contributed by atoms with E-state index >= 15 is 0 Å². The summed E-state index contributed by atoms with van der Waals surface area (Å²) in [7, 11) is 0. The molecule has 0 amide bonds. The number of hydrogen-bond acceptors (Lipinski definition) is 2. The van der Waals surface area contributed by atoms with Gasteiger partial charge in [-0.3, -0.25) is 0 Å². The predicted octanol–water partition coefficient (Wildman–Crippen LogP) is 2.89. The number of hydrogen-bond donors (Lipinski definition) is 2. The van der Waals surface area contributed by atoms with Gasteiger partial charge in [0.05, 0.1) is 11.7 Å². The van der Waals surface area contributed by atoms with Crippen molar-refractivity contribution < 1.29 is 10.2 Å². The molecule has 0 aromatic rings. The van der Waals surface area contributed by atoms with E-state index in [0.717, 1.165) is 19.3 Å². The Kier molecular flexibility index (Phi) is 3.16. The molecule has 2 aliphatic rings. The van der Waals surface area contributed by atoms with Gasteiger partial charge in [0.1, 0.15) is 0 Å². The topological polar surface area (TPSA) is 40.5 Å². The fraction of sp³-hybridized carbons (Fsp3) is 0.867. The highest BCUT2D eigenvalue weighted by Gasteiger charge is 2.51. The van der Waals surface area contributed by atoms with Gasteiger partial charge in [-0.1, -0.05) is 19.1 Å². The van der Waals surface area contributed by atoms with Gasteiger partial charge in [-0.15, -0.1) is 0 Å². The van der Waals surface area contributed by atoms with Crippen LogP contribution >= 0.6 is 0 Å². The lowest BCUT2D eigenvalue weighted by atomic mass is 9.54. The normalized spacial score (nSPS) is 43.4. The summed E-state index contributed by atoms with van der Waals surface area (Å²) in [6.07, 6.45) is 5.02. The molecule has 2 rings (SSSR count). The van der Waals surface area contributed by atoms with Crippen molar-refractivity contribution in [1.29, 1.82) is 0 Å². The van der Waals surface area contributed by atoms with Crippen molar-refractivity contribution in [3.05, 3.63) is 12.2 Å². The Morgan fingerprint density at radius 2 is 2.00 bits per heavy atom. The van der Waals surface area contributed by atoms with Gasteiger partial charge in [-0.2, -0.15) is 0 Å². The highest BCUT2D eigenvalue weighted by atomic mass is 16.3. The van der Waals surface area contributed by atoms with Crippen LogP contribution in [0.25, 0.3) is 0 Å². The first-order valence-corrected chi connectivity index (χ1v) is 6.84. The lowest BCUT2D eigenvalue weighted by molar-refractivity contribution is -0.122. The molecule has 0 aliphatic heterocycles. The van der Waals surface area contributed by atoms with Crippen LogP contribution in [0.3, 0.4) is 0 Å². The summed E-state index contributed by atoms with van der Waals surface area (Å²) in [5, 5.41) is 20.8. The molecular formula is C15H26O2. The molecule has 4 atom stereocenters. The fourth-order valence-corrected chi connectivity index (χ4v) is 4.12. The largest absolute Gasteiger partial charge is 0.392 e. The molecular weight excluding hydrogens is 212 g/mol. The van der Waals surface area contributed by atoms with Crippen molar-refractivity contribution >= 4 is 0 Å². The van der Waals surface area contributed by atoms with Crippen LogP contribution in [-0.4, -0.2) is 21.9 Å². The highest BCUT2D eigenvalue weighted by Crippen LogP contribution is 2.54. The molecule has 2 aliphatic carbocycles. The molecule has 0 unspecified atom stereocenters. The van der Waals surface area contributed by atoms with Crippen molar-refractivity contribution in [3.8, 4) is 0 Å². The van der Waals surface area contributed by atoms with Crippen molar-refractivity contribution in [2.75, 3.05) is 0 Å². The Morgan fingerprint density at radius 3 is 2.59 bits per heavy atom. The molecule has 17 heavy (non-hydrogen) atoms. The van der Waals surface area contributed by atoms with Crippen LogP contribution in [-0.2, 0) is 0 Å². The van der Waals surface area contributed by atoms with E-state index in [1.54, 1.807) is 0 Å². The summed E-state index contributed by atoms with van der Waals surface area (Å²) in [5.74, 6) is 0.164. The van der Waals surface area contributed by atoms with Gasteiger partial charge >= 0.3 is 0 Å². The maximum atomic E-state index is 10.6. The van der Waals surface area contributed by atoms with Gasteiger partial charge in [0.2, 0.25) is 0 Å². The van der Waals surface area contributed by atoms with E-state index in [0.29, 0.717) is 0 Å². The van der Waals surface area contributed by atoms with Crippen LogP contribution in [0.1, 0.15) is 52.9 Å². The van der Waals surface area contributed by atoms with E-state index < -0.39 is 11.7 Å². The zero-order chi connectivity index (χ0) is 12.8. The van der Waals surface area contributed by atoms with Gasteiger partial charge < -0.3 is 10.2 Å². The van der Waals surface area contributed by atoms with Crippen LogP contribution in [0.2, 0.25) is 0 Å². The average Bonchev–Trinajstić information content (AvgIpc) is 2.14. The van der Waals surface area contributed by atoms with Gasteiger partial charge in [0, 0.05) is 11.8 Å². The van der Waals surface area contributed by atoms with Gasteiger partial charge in [-0.25, -0.2) is 0 Å². The fourth-order valence-electron chi connectivity index (χ4n) is 4.12. The summed E-state index contributed by atoms with van der Waals surface area (Å²) in [6, 6.07) is 0. The van der Waals surface area contributed by atoms with Crippen LogP contribution in [0.15, 0.2) is 12.2 Å². The molecule has 0 saturated heterocycles. The van der Waals surface area contributed by atoms with Crippen LogP contribution in [0.4, 0.5) is 0 Å². The molecule has 2 fully saturated rings. The number of rotatable bonds is 1. The van der Waals surface area contributed by atoms with E-state index in [2.05, 4.69) is 13.5 Å². The molecule has 0 spiro atoms. The number of aliphatic hydroxyl groups is 2. The predicted molar refractivity (Wildman–Crippen MR) is 69.6 cm³/mol. The quantitative estimate of drug-likeness (QED) is 0.690. The third kappa shape index (κ3) is 2.17. The lowest BCUT2D eigenvalue weighted by Gasteiger charge is -2.53. The molecule has 0 bridgehead atoms. The van der Waals surface area contributed by atoms with Crippen LogP contribution in [0, 0.1) is 17.3 Å². The number of aliphatic hydroxyl groups excluding tert-OH is 1. The Labute approximate surface area is 105 Å². The molecule has 2 heteroatoms. The monoisotopic (exact) mass is 238 g/mol. The Morgan fingerprint density at radius 1 is 1.35 bits per heavy atom.